The Morgan fingerprint density at radius 1 is 1.21 bits per heavy atom. The highest BCUT2D eigenvalue weighted by Crippen LogP contribution is 2.22. The second-order valence-corrected chi connectivity index (χ2v) is 2.94. The quantitative estimate of drug-likeness (QED) is 0.689. The van der Waals surface area contributed by atoms with Crippen molar-refractivity contribution in [3.05, 3.63) is 35.9 Å². The molecule has 74 valence electrons. The third-order valence-electron chi connectivity index (χ3n) is 2.01. The molecule has 0 radical (unpaired) electrons. The van der Waals surface area contributed by atoms with Gasteiger partial charge in [0.25, 0.3) is 0 Å². The molecule has 2 N–H and O–H groups in total. The van der Waals surface area contributed by atoms with E-state index in [9.17, 15) is 14.7 Å². The number of hydrogen-bond acceptors (Lipinski definition) is 3. The molecule has 1 atom stereocenters. The van der Waals surface area contributed by atoms with E-state index in [-0.39, 0.29) is 5.56 Å². The van der Waals surface area contributed by atoms with Gasteiger partial charge in [-0.25, -0.2) is 4.79 Å². The molecule has 0 aliphatic heterocycles. The molecule has 0 unspecified atom stereocenters. The fourth-order valence-corrected chi connectivity index (χ4v) is 1.16. The molecule has 4 nitrogen and oxygen atoms in total. The van der Waals surface area contributed by atoms with Gasteiger partial charge in [-0.3, -0.25) is 4.79 Å². The van der Waals surface area contributed by atoms with Gasteiger partial charge in [0.1, 0.15) is 0 Å². The Bertz CT molecular complexity index is 342. The Kier molecular flexibility index (Phi) is 2.67. The molecule has 0 saturated carbocycles. The molecule has 0 aromatic heterocycles. The number of benzene rings is 1. The smallest absolute Gasteiger partial charge is 0.348 e. The molecular formula is C10H10O4. The number of carbonyl (C=O) groups is 2. The topological polar surface area (TPSA) is 74.6 Å². The van der Waals surface area contributed by atoms with E-state index in [0.29, 0.717) is 0 Å². The second kappa shape index (κ2) is 3.59. The molecule has 0 amide bonds. The van der Waals surface area contributed by atoms with Crippen molar-refractivity contribution in [2.45, 2.75) is 12.5 Å². The average molecular weight is 194 g/mol. The lowest BCUT2D eigenvalue weighted by Crippen LogP contribution is -2.42. The zero-order valence-electron chi connectivity index (χ0n) is 7.60. The van der Waals surface area contributed by atoms with Crippen molar-refractivity contribution in [1.29, 1.82) is 0 Å². The van der Waals surface area contributed by atoms with Crippen LogP contribution in [-0.4, -0.2) is 22.0 Å². The standard InChI is InChI=1S/C10H10O4/c1-7(11)10(14,9(12)13)8-5-3-2-4-6-8/h2-6,14H,1H3,(H,12,13)/t10-/m1/s1. The molecule has 1 aromatic carbocycles. The highest BCUT2D eigenvalue weighted by atomic mass is 16.4. The summed E-state index contributed by atoms with van der Waals surface area (Å²) < 4.78 is 0. The first-order chi connectivity index (χ1) is 6.49. The SMILES string of the molecule is CC(=O)[C@](O)(C(=O)O)c1ccccc1. The minimum absolute atomic E-state index is 0.0694. The van der Waals surface area contributed by atoms with Gasteiger partial charge in [0, 0.05) is 5.56 Å². The second-order valence-electron chi connectivity index (χ2n) is 2.94. The average Bonchev–Trinajstić information content (AvgIpc) is 2.17. The molecular weight excluding hydrogens is 184 g/mol. The summed E-state index contributed by atoms with van der Waals surface area (Å²) in [6, 6.07) is 7.59. The van der Waals surface area contributed by atoms with Crippen LogP contribution in [0.15, 0.2) is 30.3 Å². The molecule has 1 aromatic rings. The van der Waals surface area contributed by atoms with Crippen LogP contribution < -0.4 is 0 Å². The molecule has 0 aliphatic rings. The minimum atomic E-state index is -2.43. The summed E-state index contributed by atoms with van der Waals surface area (Å²) in [6.07, 6.45) is 0. The van der Waals surface area contributed by atoms with E-state index in [4.69, 9.17) is 5.11 Å². The summed E-state index contributed by atoms with van der Waals surface area (Å²) in [5.41, 5.74) is -2.36. The molecule has 4 heteroatoms. The summed E-state index contributed by atoms with van der Waals surface area (Å²) in [6.45, 7) is 1.04. The fourth-order valence-electron chi connectivity index (χ4n) is 1.16. The maximum absolute atomic E-state index is 11.1. The van der Waals surface area contributed by atoms with Crippen molar-refractivity contribution >= 4 is 11.8 Å². The molecule has 0 saturated heterocycles. The Morgan fingerprint density at radius 2 is 1.71 bits per heavy atom. The summed E-state index contributed by atoms with van der Waals surface area (Å²) in [5.74, 6) is -2.37. The number of carbonyl (C=O) groups excluding carboxylic acids is 1. The lowest BCUT2D eigenvalue weighted by Gasteiger charge is -2.20. The first kappa shape index (κ1) is 10.4. The Labute approximate surface area is 80.8 Å². The number of carboxylic acids is 1. The number of aliphatic carboxylic acids is 1. The van der Waals surface area contributed by atoms with E-state index in [2.05, 4.69) is 0 Å². The van der Waals surface area contributed by atoms with Gasteiger partial charge in [-0.2, -0.15) is 0 Å². The van der Waals surface area contributed by atoms with Crippen molar-refractivity contribution < 1.29 is 19.8 Å². The maximum Gasteiger partial charge on any atom is 0.348 e. The minimum Gasteiger partial charge on any atom is -0.479 e. The monoisotopic (exact) mass is 194 g/mol. The van der Waals surface area contributed by atoms with Crippen molar-refractivity contribution in [2.75, 3.05) is 0 Å². The van der Waals surface area contributed by atoms with E-state index in [1.165, 1.54) is 12.1 Å². The van der Waals surface area contributed by atoms with Crippen molar-refractivity contribution in [3.63, 3.8) is 0 Å². The maximum atomic E-state index is 11.1. The van der Waals surface area contributed by atoms with Crippen LogP contribution in [0.25, 0.3) is 0 Å². The first-order valence-corrected chi connectivity index (χ1v) is 4.02. The zero-order chi connectivity index (χ0) is 10.8. The summed E-state index contributed by atoms with van der Waals surface area (Å²) in [5, 5.41) is 18.5. The summed E-state index contributed by atoms with van der Waals surface area (Å²) in [7, 11) is 0. The van der Waals surface area contributed by atoms with Crippen LogP contribution in [0, 0.1) is 0 Å². The van der Waals surface area contributed by atoms with E-state index < -0.39 is 17.4 Å². The predicted octanol–water partition coefficient (Wildman–Crippen LogP) is 0.548. The van der Waals surface area contributed by atoms with Crippen LogP contribution in [-0.2, 0) is 15.2 Å². The van der Waals surface area contributed by atoms with Gasteiger partial charge in [0.15, 0.2) is 5.78 Å². The van der Waals surface area contributed by atoms with E-state index >= 15 is 0 Å². The van der Waals surface area contributed by atoms with Gasteiger partial charge < -0.3 is 10.2 Å². The van der Waals surface area contributed by atoms with Gasteiger partial charge >= 0.3 is 5.97 Å². The number of hydrogen-bond donors (Lipinski definition) is 2. The normalized spacial score (nSPS) is 14.4. The van der Waals surface area contributed by atoms with Crippen LogP contribution in [0.5, 0.6) is 0 Å². The molecule has 0 bridgehead atoms. The van der Waals surface area contributed by atoms with E-state index in [1.54, 1.807) is 18.2 Å². The lowest BCUT2D eigenvalue weighted by molar-refractivity contribution is -0.165. The molecule has 14 heavy (non-hydrogen) atoms. The lowest BCUT2D eigenvalue weighted by atomic mass is 9.90. The third-order valence-corrected chi connectivity index (χ3v) is 2.01. The highest BCUT2D eigenvalue weighted by Gasteiger charge is 2.43. The number of carboxylic acid groups (broad SMARTS) is 1. The molecule has 0 spiro atoms. The van der Waals surface area contributed by atoms with Crippen LogP contribution in [0.2, 0.25) is 0 Å². The zero-order valence-corrected chi connectivity index (χ0v) is 7.60. The molecule has 0 fully saturated rings. The number of aliphatic hydroxyl groups is 1. The Morgan fingerprint density at radius 3 is 2.07 bits per heavy atom. The van der Waals surface area contributed by atoms with Crippen LogP contribution in [0.3, 0.4) is 0 Å². The summed E-state index contributed by atoms with van der Waals surface area (Å²) in [4.78, 5) is 21.9. The Hall–Kier alpha value is -1.68. The van der Waals surface area contributed by atoms with Gasteiger partial charge in [0.2, 0.25) is 5.60 Å². The van der Waals surface area contributed by atoms with Crippen LogP contribution in [0.1, 0.15) is 12.5 Å². The fraction of sp³-hybridized carbons (Fsp3) is 0.200. The van der Waals surface area contributed by atoms with Gasteiger partial charge in [-0.1, -0.05) is 30.3 Å². The van der Waals surface area contributed by atoms with Gasteiger partial charge in [-0.15, -0.1) is 0 Å². The van der Waals surface area contributed by atoms with Gasteiger partial charge in [-0.05, 0) is 6.92 Å². The Balaban J connectivity index is 3.27. The van der Waals surface area contributed by atoms with E-state index in [0.717, 1.165) is 6.92 Å². The predicted molar refractivity (Wildman–Crippen MR) is 48.7 cm³/mol. The number of Topliss-reactive ketones (excluding diaryl/α,β-unsaturated/α-hetero) is 1. The molecule has 0 aliphatic carbocycles. The summed E-state index contributed by atoms with van der Waals surface area (Å²) >= 11 is 0. The third kappa shape index (κ3) is 1.52. The van der Waals surface area contributed by atoms with Crippen LogP contribution in [0.4, 0.5) is 0 Å². The number of ketones is 1. The van der Waals surface area contributed by atoms with Gasteiger partial charge in [0.05, 0.1) is 0 Å². The van der Waals surface area contributed by atoms with Crippen molar-refractivity contribution in [1.82, 2.24) is 0 Å². The largest absolute Gasteiger partial charge is 0.479 e. The first-order valence-electron chi connectivity index (χ1n) is 4.02. The number of rotatable bonds is 3. The highest BCUT2D eigenvalue weighted by molar-refractivity contribution is 6.05. The van der Waals surface area contributed by atoms with E-state index in [1.807, 2.05) is 0 Å². The van der Waals surface area contributed by atoms with Crippen molar-refractivity contribution in [3.8, 4) is 0 Å². The molecule has 0 heterocycles. The van der Waals surface area contributed by atoms with Crippen molar-refractivity contribution in [2.24, 2.45) is 0 Å². The van der Waals surface area contributed by atoms with Crippen LogP contribution >= 0.6 is 0 Å². The molecule has 1 rings (SSSR count).